The van der Waals surface area contributed by atoms with Gasteiger partial charge in [-0.05, 0) is 61.6 Å². The van der Waals surface area contributed by atoms with Crippen LogP contribution in [0.4, 0.5) is 0 Å². The van der Waals surface area contributed by atoms with Gasteiger partial charge in [0.05, 0.1) is 10.4 Å². The molecule has 4 rings (SSSR count). The van der Waals surface area contributed by atoms with Crippen LogP contribution in [-0.4, -0.2) is 20.3 Å². The Kier molecular flexibility index (Phi) is 7.74. The van der Waals surface area contributed by atoms with E-state index < -0.39 is 20.8 Å². The highest BCUT2D eigenvalue weighted by Gasteiger charge is 2.36. The summed E-state index contributed by atoms with van der Waals surface area (Å²) in [5.74, 6) is 0. The molecule has 0 heterocycles. The van der Waals surface area contributed by atoms with Gasteiger partial charge < -0.3 is 5.73 Å². The summed E-state index contributed by atoms with van der Waals surface area (Å²) >= 11 is 0. The van der Waals surface area contributed by atoms with Crippen LogP contribution in [0.25, 0.3) is 0 Å². The molecule has 0 saturated carbocycles. The zero-order valence-electron chi connectivity index (χ0n) is 21.1. The van der Waals surface area contributed by atoms with Gasteiger partial charge in [-0.25, -0.2) is 8.42 Å². The second-order valence-electron chi connectivity index (χ2n) is 9.37. The van der Waals surface area contributed by atoms with Crippen LogP contribution in [0.1, 0.15) is 39.8 Å². The van der Waals surface area contributed by atoms with Crippen LogP contribution in [0.15, 0.2) is 108 Å². The first kappa shape index (κ1) is 25.8. The van der Waals surface area contributed by atoms with Crippen LogP contribution in [0.5, 0.6) is 0 Å². The molecule has 5 heteroatoms. The zero-order chi connectivity index (χ0) is 25.8. The minimum Gasteiger partial charge on any atom is -0.315 e. The molecule has 4 aromatic carbocycles. The number of aryl methyl sites for hydroxylation is 3. The monoisotopic (exact) mass is 498 g/mol. The molecule has 0 bridgehead atoms. The molecule has 0 amide bonds. The number of hydrogen-bond acceptors (Lipinski definition) is 4. The molecule has 36 heavy (non-hydrogen) atoms. The molecule has 4 aromatic rings. The number of rotatable bonds is 9. The minimum absolute atomic E-state index is 0.267. The summed E-state index contributed by atoms with van der Waals surface area (Å²) in [6, 6.07) is 34.5. The van der Waals surface area contributed by atoms with E-state index in [2.05, 4.69) is 41.7 Å². The van der Waals surface area contributed by atoms with E-state index in [1.165, 1.54) is 0 Å². The Bertz CT molecular complexity index is 1280. The SMILES string of the molecule is Cc1cc(C)c(S(=O)(=O)C(N)CCNC(c2ccccc2)(c2ccccc2)c2ccccc2)c(C)c1. The van der Waals surface area contributed by atoms with Crippen molar-refractivity contribution in [3.8, 4) is 0 Å². The second kappa shape index (κ2) is 10.8. The van der Waals surface area contributed by atoms with Gasteiger partial charge in [0.15, 0.2) is 9.84 Å². The van der Waals surface area contributed by atoms with Gasteiger partial charge in [-0.2, -0.15) is 0 Å². The van der Waals surface area contributed by atoms with Gasteiger partial charge in [0.2, 0.25) is 0 Å². The second-order valence-corrected chi connectivity index (χ2v) is 11.5. The first-order valence-corrected chi connectivity index (χ1v) is 13.8. The first-order valence-electron chi connectivity index (χ1n) is 12.3. The van der Waals surface area contributed by atoms with Gasteiger partial charge in [0, 0.05) is 0 Å². The average Bonchev–Trinajstić information content (AvgIpc) is 2.87. The first-order chi connectivity index (χ1) is 17.3. The lowest BCUT2D eigenvalue weighted by atomic mass is 9.77. The Hall–Kier alpha value is -3.25. The van der Waals surface area contributed by atoms with E-state index in [-0.39, 0.29) is 6.42 Å². The smallest absolute Gasteiger partial charge is 0.194 e. The third kappa shape index (κ3) is 5.00. The summed E-state index contributed by atoms with van der Waals surface area (Å²) in [5.41, 5.74) is 11.5. The van der Waals surface area contributed by atoms with Crippen LogP contribution in [0, 0.1) is 20.8 Å². The minimum atomic E-state index is -3.69. The number of nitrogens with one attached hydrogen (secondary N) is 1. The summed E-state index contributed by atoms with van der Waals surface area (Å²) in [6.07, 6.45) is 0.267. The fourth-order valence-corrected chi connectivity index (χ4v) is 6.94. The van der Waals surface area contributed by atoms with Gasteiger partial charge in [-0.3, -0.25) is 5.32 Å². The van der Waals surface area contributed by atoms with Crippen molar-refractivity contribution in [2.75, 3.05) is 6.54 Å². The van der Waals surface area contributed by atoms with Gasteiger partial charge in [-0.15, -0.1) is 0 Å². The Morgan fingerprint density at radius 3 is 1.50 bits per heavy atom. The van der Waals surface area contributed by atoms with E-state index in [0.717, 1.165) is 33.4 Å². The predicted octanol–water partition coefficient (Wildman–Crippen LogP) is 5.64. The fourth-order valence-electron chi connectivity index (χ4n) is 5.19. The van der Waals surface area contributed by atoms with Crippen LogP contribution >= 0.6 is 0 Å². The van der Waals surface area contributed by atoms with E-state index in [4.69, 9.17) is 5.73 Å². The normalized spacial score (nSPS) is 12.9. The largest absolute Gasteiger partial charge is 0.315 e. The number of hydrogen-bond donors (Lipinski definition) is 2. The lowest BCUT2D eigenvalue weighted by Crippen LogP contribution is -2.46. The van der Waals surface area contributed by atoms with Crippen molar-refractivity contribution in [3.05, 3.63) is 137 Å². The lowest BCUT2D eigenvalue weighted by molar-refractivity contribution is 0.459. The Labute approximate surface area is 215 Å². The fraction of sp³-hybridized carbons (Fsp3) is 0.226. The van der Waals surface area contributed by atoms with Crippen molar-refractivity contribution < 1.29 is 8.42 Å². The maximum absolute atomic E-state index is 13.5. The van der Waals surface area contributed by atoms with Crippen molar-refractivity contribution >= 4 is 9.84 Å². The van der Waals surface area contributed by atoms with Crippen molar-refractivity contribution in [1.82, 2.24) is 5.32 Å². The summed E-state index contributed by atoms with van der Waals surface area (Å²) in [6.45, 7) is 6.05. The molecule has 0 aliphatic rings. The van der Waals surface area contributed by atoms with Gasteiger partial charge in [0.1, 0.15) is 5.37 Å². The van der Waals surface area contributed by atoms with Gasteiger partial charge in [-0.1, -0.05) is 109 Å². The van der Waals surface area contributed by atoms with E-state index in [1.54, 1.807) is 0 Å². The Balaban J connectivity index is 1.70. The molecule has 3 N–H and O–H groups in total. The average molecular weight is 499 g/mol. The molecule has 0 aliphatic heterocycles. The number of benzene rings is 4. The van der Waals surface area contributed by atoms with Crippen LogP contribution in [0.3, 0.4) is 0 Å². The molecular weight excluding hydrogens is 464 g/mol. The Morgan fingerprint density at radius 1 is 0.722 bits per heavy atom. The number of sulfone groups is 1. The van der Waals surface area contributed by atoms with Gasteiger partial charge in [0.25, 0.3) is 0 Å². The maximum Gasteiger partial charge on any atom is 0.194 e. The van der Waals surface area contributed by atoms with Crippen LogP contribution in [0.2, 0.25) is 0 Å². The van der Waals surface area contributed by atoms with E-state index >= 15 is 0 Å². The molecule has 186 valence electrons. The highest BCUT2D eigenvalue weighted by molar-refractivity contribution is 7.92. The standard InChI is InChI=1S/C31H34N2O2S/c1-23-21-24(2)30(25(3)22-23)36(34,35)29(32)19-20-33-31(26-13-7-4-8-14-26,27-15-9-5-10-16-27)28-17-11-6-12-18-28/h4-18,21-22,29,33H,19-20,32H2,1-3H3. The highest BCUT2D eigenvalue weighted by atomic mass is 32.2. The predicted molar refractivity (Wildman–Crippen MR) is 148 cm³/mol. The molecule has 0 saturated heterocycles. The Morgan fingerprint density at radius 2 is 1.11 bits per heavy atom. The van der Waals surface area contributed by atoms with Gasteiger partial charge >= 0.3 is 0 Å². The molecule has 0 spiro atoms. The summed E-state index contributed by atoms with van der Waals surface area (Å²) < 4.78 is 27.0. The van der Waals surface area contributed by atoms with Crippen molar-refractivity contribution in [3.63, 3.8) is 0 Å². The van der Waals surface area contributed by atoms with E-state index in [1.807, 2.05) is 87.5 Å². The summed E-state index contributed by atoms with van der Waals surface area (Å²) in [5, 5.41) is 2.71. The number of nitrogens with two attached hydrogens (primary N) is 1. The van der Waals surface area contributed by atoms with E-state index in [9.17, 15) is 8.42 Å². The van der Waals surface area contributed by atoms with Crippen LogP contribution in [-0.2, 0) is 15.4 Å². The third-order valence-electron chi connectivity index (χ3n) is 6.73. The topological polar surface area (TPSA) is 72.2 Å². The van der Waals surface area contributed by atoms with Crippen molar-refractivity contribution in [1.29, 1.82) is 0 Å². The molecular formula is C31H34N2O2S. The molecule has 0 fully saturated rings. The maximum atomic E-state index is 13.5. The zero-order valence-corrected chi connectivity index (χ0v) is 21.9. The summed E-state index contributed by atoms with van der Waals surface area (Å²) in [7, 11) is -3.69. The molecule has 0 radical (unpaired) electrons. The highest BCUT2D eigenvalue weighted by Crippen LogP contribution is 2.37. The lowest BCUT2D eigenvalue weighted by Gasteiger charge is -2.37. The molecule has 0 aromatic heterocycles. The summed E-state index contributed by atoms with van der Waals surface area (Å²) in [4.78, 5) is 0.348. The third-order valence-corrected chi connectivity index (χ3v) is 8.97. The van der Waals surface area contributed by atoms with Crippen LogP contribution < -0.4 is 11.1 Å². The molecule has 0 aliphatic carbocycles. The van der Waals surface area contributed by atoms with Crippen molar-refractivity contribution in [2.45, 2.75) is 43.0 Å². The van der Waals surface area contributed by atoms with Crippen molar-refractivity contribution in [2.24, 2.45) is 5.73 Å². The quantitative estimate of drug-likeness (QED) is 0.293. The molecule has 1 atom stereocenters. The molecule has 1 unspecified atom stereocenters. The molecule has 4 nitrogen and oxygen atoms in total. The van der Waals surface area contributed by atoms with E-state index in [0.29, 0.717) is 11.4 Å².